The fraction of sp³-hybridized carbons (Fsp3) is 0.545. The summed E-state index contributed by atoms with van der Waals surface area (Å²) < 4.78 is 52.6. The Hall–Kier alpha value is -2.99. The van der Waals surface area contributed by atoms with E-state index < -0.39 is 18.8 Å². The molecule has 9 nitrogen and oxygen atoms in total. The van der Waals surface area contributed by atoms with Gasteiger partial charge in [0.05, 0.1) is 30.7 Å². The number of hydrogen-bond acceptors (Lipinski definition) is 7. The highest BCUT2D eigenvalue weighted by Gasteiger charge is 2.38. The SMILES string of the molecule is COc1cc(Nc2cc(O[C@H]3CC[C@@H](NC[C@@H](O)C(F)(F)F)CC3)cc3c2ncn3C)nn1C. The van der Waals surface area contributed by atoms with E-state index in [0.29, 0.717) is 43.1 Å². The van der Waals surface area contributed by atoms with Crippen LogP contribution < -0.4 is 20.1 Å². The number of rotatable bonds is 8. The van der Waals surface area contributed by atoms with Gasteiger partial charge in [-0.3, -0.25) is 0 Å². The molecular formula is C22H29F3N6O3. The van der Waals surface area contributed by atoms with Gasteiger partial charge in [0.25, 0.3) is 0 Å². The summed E-state index contributed by atoms with van der Waals surface area (Å²) in [6.45, 7) is -0.496. The number of methoxy groups -OCH3 is 1. The van der Waals surface area contributed by atoms with Crippen LogP contribution in [0.1, 0.15) is 25.7 Å². The van der Waals surface area contributed by atoms with Crippen LogP contribution in [0.25, 0.3) is 11.0 Å². The third kappa shape index (κ3) is 5.39. The molecule has 0 spiro atoms. The minimum absolute atomic E-state index is 0.0564. The lowest BCUT2D eigenvalue weighted by atomic mass is 9.93. The molecule has 4 rings (SSSR count). The molecule has 1 atom stereocenters. The maximum absolute atomic E-state index is 12.5. The van der Waals surface area contributed by atoms with E-state index in [9.17, 15) is 18.3 Å². The minimum atomic E-state index is -4.61. The molecule has 0 radical (unpaired) electrons. The molecule has 0 bridgehead atoms. The highest BCUT2D eigenvalue weighted by molar-refractivity contribution is 5.91. The first-order valence-electron chi connectivity index (χ1n) is 11.1. The van der Waals surface area contributed by atoms with Crippen LogP contribution >= 0.6 is 0 Å². The Morgan fingerprint density at radius 3 is 2.56 bits per heavy atom. The van der Waals surface area contributed by atoms with Crippen LogP contribution in [-0.4, -0.2) is 62.5 Å². The molecule has 1 saturated carbocycles. The van der Waals surface area contributed by atoms with Crippen LogP contribution in [0.2, 0.25) is 0 Å². The molecule has 0 amide bonds. The second kappa shape index (κ2) is 9.71. The number of nitrogens with zero attached hydrogens (tertiary/aromatic N) is 4. The lowest BCUT2D eigenvalue weighted by molar-refractivity contribution is -0.202. The van der Waals surface area contributed by atoms with Crippen molar-refractivity contribution < 1.29 is 27.8 Å². The van der Waals surface area contributed by atoms with Gasteiger partial charge in [-0.1, -0.05) is 0 Å². The van der Waals surface area contributed by atoms with E-state index >= 15 is 0 Å². The van der Waals surface area contributed by atoms with E-state index in [-0.39, 0.29) is 12.1 Å². The molecule has 0 unspecified atom stereocenters. The van der Waals surface area contributed by atoms with Gasteiger partial charge < -0.3 is 29.8 Å². The van der Waals surface area contributed by atoms with Crippen molar-refractivity contribution in [1.29, 1.82) is 0 Å². The Balaban J connectivity index is 1.42. The summed E-state index contributed by atoms with van der Waals surface area (Å²) in [6.07, 6.45) is -2.55. The zero-order valence-electron chi connectivity index (χ0n) is 19.3. The Kier molecular flexibility index (Phi) is 6.89. The third-order valence-electron chi connectivity index (χ3n) is 6.07. The van der Waals surface area contributed by atoms with Crippen molar-refractivity contribution in [3.8, 4) is 11.6 Å². The number of aromatic nitrogens is 4. The van der Waals surface area contributed by atoms with Crippen molar-refractivity contribution in [3.63, 3.8) is 0 Å². The van der Waals surface area contributed by atoms with Crippen molar-refractivity contribution in [2.75, 3.05) is 19.0 Å². The predicted octanol–water partition coefficient (Wildman–Crippen LogP) is 3.26. The van der Waals surface area contributed by atoms with Crippen LogP contribution in [0.3, 0.4) is 0 Å². The quantitative estimate of drug-likeness (QED) is 0.453. The van der Waals surface area contributed by atoms with Crippen molar-refractivity contribution in [1.82, 2.24) is 24.6 Å². The maximum atomic E-state index is 12.5. The van der Waals surface area contributed by atoms with Crippen molar-refractivity contribution in [2.24, 2.45) is 14.1 Å². The monoisotopic (exact) mass is 482 g/mol. The second-order valence-corrected chi connectivity index (χ2v) is 8.57. The topological polar surface area (TPSA) is 98.4 Å². The first-order chi connectivity index (χ1) is 16.1. The highest BCUT2D eigenvalue weighted by Crippen LogP contribution is 2.33. The molecule has 1 fully saturated rings. The first-order valence-corrected chi connectivity index (χ1v) is 11.1. The lowest BCUT2D eigenvalue weighted by Crippen LogP contribution is -2.44. The van der Waals surface area contributed by atoms with E-state index in [0.717, 1.165) is 16.7 Å². The lowest BCUT2D eigenvalue weighted by Gasteiger charge is -2.30. The number of anilines is 2. The zero-order valence-corrected chi connectivity index (χ0v) is 19.3. The zero-order chi connectivity index (χ0) is 24.5. The van der Waals surface area contributed by atoms with Gasteiger partial charge in [-0.15, -0.1) is 0 Å². The van der Waals surface area contributed by atoms with E-state index in [1.54, 1.807) is 31.2 Å². The Morgan fingerprint density at radius 2 is 1.91 bits per heavy atom. The summed E-state index contributed by atoms with van der Waals surface area (Å²) in [4.78, 5) is 4.48. The molecule has 2 aromatic heterocycles. The standard InChI is InChI=1S/C22H29F3N6O3/c1-30-12-27-21-16(28-19-10-20(33-3)31(2)29-19)8-15(9-17(21)30)34-14-6-4-13(5-7-14)26-11-18(32)22(23,24)25/h8-10,12-14,18,26,32H,4-7,11H2,1-3H3,(H,28,29)/t13-,14+,18-/m1/s1. The number of alkyl halides is 3. The molecule has 3 N–H and O–H groups in total. The van der Waals surface area contributed by atoms with Gasteiger partial charge >= 0.3 is 6.18 Å². The second-order valence-electron chi connectivity index (χ2n) is 8.57. The number of nitrogens with one attached hydrogen (secondary N) is 2. The maximum Gasteiger partial charge on any atom is 0.415 e. The molecule has 1 aliphatic carbocycles. The summed E-state index contributed by atoms with van der Waals surface area (Å²) in [6, 6.07) is 5.51. The van der Waals surface area contributed by atoms with Gasteiger partial charge in [-0.05, 0) is 25.7 Å². The van der Waals surface area contributed by atoms with E-state index in [4.69, 9.17) is 9.47 Å². The Morgan fingerprint density at radius 1 is 1.18 bits per heavy atom. The van der Waals surface area contributed by atoms with Crippen LogP contribution in [0, 0.1) is 0 Å². The third-order valence-corrected chi connectivity index (χ3v) is 6.07. The summed E-state index contributed by atoms with van der Waals surface area (Å²) >= 11 is 0. The number of halogens is 3. The average Bonchev–Trinajstić information content (AvgIpc) is 3.34. The summed E-state index contributed by atoms with van der Waals surface area (Å²) in [7, 11) is 5.27. The molecule has 0 saturated heterocycles. The Labute approximate surface area is 194 Å². The van der Waals surface area contributed by atoms with Gasteiger partial charge in [0, 0.05) is 44.9 Å². The number of hydrogen-bond donors (Lipinski definition) is 3. The largest absolute Gasteiger partial charge is 0.490 e. The van der Waals surface area contributed by atoms with Gasteiger partial charge in [0.2, 0.25) is 5.88 Å². The molecule has 1 aromatic carbocycles. The summed E-state index contributed by atoms with van der Waals surface area (Å²) in [5.41, 5.74) is 2.40. The molecule has 12 heteroatoms. The first kappa shape index (κ1) is 24.1. The number of fused-ring (bicyclic) bond motifs is 1. The summed E-state index contributed by atoms with van der Waals surface area (Å²) in [5, 5.41) is 19.7. The fourth-order valence-corrected chi connectivity index (χ4v) is 4.18. The van der Waals surface area contributed by atoms with Crippen LogP contribution in [-0.2, 0) is 14.1 Å². The van der Waals surface area contributed by atoms with Crippen LogP contribution in [0.4, 0.5) is 24.7 Å². The number of aryl methyl sites for hydroxylation is 2. The molecular weight excluding hydrogens is 453 g/mol. The number of aliphatic hydroxyl groups excluding tert-OH is 1. The van der Waals surface area contributed by atoms with Gasteiger partial charge in [-0.2, -0.15) is 18.3 Å². The summed E-state index contributed by atoms with van der Waals surface area (Å²) in [5.74, 6) is 1.89. The van der Waals surface area contributed by atoms with Crippen molar-refractivity contribution in [2.45, 2.75) is 50.1 Å². The molecule has 2 heterocycles. The molecule has 0 aliphatic heterocycles. The van der Waals surface area contributed by atoms with Crippen LogP contribution in [0.15, 0.2) is 24.5 Å². The van der Waals surface area contributed by atoms with E-state index in [2.05, 4.69) is 20.7 Å². The molecule has 3 aromatic rings. The van der Waals surface area contributed by atoms with Crippen molar-refractivity contribution in [3.05, 3.63) is 24.5 Å². The van der Waals surface area contributed by atoms with Gasteiger partial charge in [0.15, 0.2) is 11.9 Å². The van der Waals surface area contributed by atoms with E-state index in [1.807, 2.05) is 23.7 Å². The molecule has 34 heavy (non-hydrogen) atoms. The Bertz CT molecular complexity index is 1120. The van der Waals surface area contributed by atoms with Gasteiger partial charge in [0.1, 0.15) is 11.3 Å². The predicted molar refractivity (Wildman–Crippen MR) is 120 cm³/mol. The number of imidazole rings is 1. The van der Waals surface area contributed by atoms with E-state index in [1.165, 1.54) is 0 Å². The normalized spacial score (nSPS) is 19.9. The van der Waals surface area contributed by atoms with Crippen molar-refractivity contribution >= 4 is 22.5 Å². The highest BCUT2D eigenvalue weighted by atomic mass is 19.4. The number of ether oxygens (including phenoxy) is 2. The van der Waals surface area contributed by atoms with Gasteiger partial charge in [-0.25, -0.2) is 9.67 Å². The molecule has 186 valence electrons. The fourth-order valence-electron chi connectivity index (χ4n) is 4.18. The number of benzene rings is 1. The molecule has 1 aliphatic rings. The minimum Gasteiger partial charge on any atom is -0.490 e. The average molecular weight is 483 g/mol. The smallest absolute Gasteiger partial charge is 0.415 e. The van der Waals surface area contributed by atoms with Crippen LogP contribution in [0.5, 0.6) is 11.6 Å². The number of aliphatic hydroxyl groups is 1.